The highest BCUT2D eigenvalue weighted by Gasteiger charge is 2.40. The molecule has 2 heterocycles. The Kier molecular flexibility index (Phi) is 21.7. The van der Waals surface area contributed by atoms with Crippen LogP contribution in [0.5, 0.6) is 5.75 Å². The molecule has 1 fully saturated rings. The third-order valence-corrected chi connectivity index (χ3v) is 11.5. The van der Waals surface area contributed by atoms with Gasteiger partial charge in [0, 0.05) is 37.8 Å². The van der Waals surface area contributed by atoms with E-state index >= 15 is 0 Å². The second-order valence-electron chi connectivity index (χ2n) is 17.7. The first-order chi connectivity index (χ1) is 31.6. The van der Waals surface area contributed by atoms with E-state index in [0.29, 0.717) is 36.9 Å². The van der Waals surface area contributed by atoms with E-state index < -0.39 is 95.5 Å². The summed E-state index contributed by atoms with van der Waals surface area (Å²) < 4.78 is 0. The number of amides is 7. The van der Waals surface area contributed by atoms with Crippen molar-refractivity contribution in [2.24, 2.45) is 28.3 Å². The highest BCUT2D eigenvalue weighted by Crippen LogP contribution is 2.21. The fourth-order valence-corrected chi connectivity index (χ4v) is 7.37. The summed E-state index contributed by atoms with van der Waals surface area (Å²) in [7, 11) is 3.40. The number of nitrogens with zero attached hydrogens (tertiary/aromatic N) is 4. The maximum Gasteiger partial charge on any atom is 0.246 e. The summed E-state index contributed by atoms with van der Waals surface area (Å²) in [4.78, 5) is 123. The van der Waals surface area contributed by atoms with Crippen LogP contribution in [-0.4, -0.2) is 154 Å². The summed E-state index contributed by atoms with van der Waals surface area (Å²) in [6, 6.07) is -1.67. The van der Waals surface area contributed by atoms with Crippen LogP contribution < -0.4 is 43.4 Å². The number of hydrogen-bond acceptors (Lipinski definition) is 12. The fourth-order valence-electron chi connectivity index (χ4n) is 7.37. The highest BCUT2D eigenvalue weighted by atomic mass is 16.3. The molecule has 0 radical (unpaired) electrons. The van der Waals surface area contributed by atoms with Gasteiger partial charge in [-0.25, -0.2) is 4.98 Å². The van der Waals surface area contributed by atoms with Crippen molar-refractivity contribution in [3.8, 4) is 5.75 Å². The minimum Gasteiger partial charge on any atom is -0.508 e. The normalized spacial score (nSPS) is 16.6. The van der Waals surface area contributed by atoms with Crippen molar-refractivity contribution < 1.29 is 43.5 Å². The van der Waals surface area contributed by atoms with E-state index in [-0.39, 0.29) is 56.4 Å². The second kappa shape index (κ2) is 26.5. The molecule has 4 unspecified atom stereocenters. The molecule has 22 heteroatoms. The van der Waals surface area contributed by atoms with Gasteiger partial charge in [0.25, 0.3) is 0 Å². The molecule has 0 bridgehead atoms. The minimum atomic E-state index is -1.33. The summed E-state index contributed by atoms with van der Waals surface area (Å²) in [5, 5.41) is 26.5. The van der Waals surface area contributed by atoms with E-state index in [4.69, 9.17) is 11.5 Å². The van der Waals surface area contributed by atoms with E-state index in [2.05, 4.69) is 46.9 Å². The number of carbonyl (C=O) groups excluding carboxylic acids is 8. The number of carbonyl (C=O) groups is 8. The summed E-state index contributed by atoms with van der Waals surface area (Å²) in [5.74, 6) is -5.69. The molecular weight excluding hydrogens is 867 g/mol. The summed E-state index contributed by atoms with van der Waals surface area (Å²) in [6.45, 7) is 10.3. The van der Waals surface area contributed by atoms with Gasteiger partial charge in [-0.1, -0.05) is 46.2 Å². The number of aromatic amines is 1. The van der Waals surface area contributed by atoms with Crippen molar-refractivity contribution in [2.45, 2.75) is 129 Å². The quantitative estimate of drug-likeness (QED) is 0.0299. The van der Waals surface area contributed by atoms with Gasteiger partial charge in [-0.3, -0.25) is 43.3 Å². The van der Waals surface area contributed by atoms with Crippen LogP contribution in [0.25, 0.3) is 0 Å². The molecule has 1 aliphatic rings. The topological polar surface area (TPSA) is 329 Å². The number of nitrogens with two attached hydrogens (primary N) is 2. The number of nitrogens with one attached hydrogen (secondary N) is 7. The maximum atomic E-state index is 14.5. The highest BCUT2D eigenvalue weighted by molar-refractivity contribution is 5.98. The lowest BCUT2D eigenvalue weighted by molar-refractivity contribution is -0.142. The Balaban J connectivity index is 1.92. The van der Waals surface area contributed by atoms with Crippen LogP contribution in [0.2, 0.25) is 0 Å². The first-order valence-corrected chi connectivity index (χ1v) is 22.7. The van der Waals surface area contributed by atoms with Crippen molar-refractivity contribution in [3.63, 3.8) is 0 Å². The molecule has 370 valence electrons. The Hall–Kier alpha value is -6.58. The van der Waals surface area contributed by atoms with Gasteiger partial charge in [-0.15, -0.1) is 0 Å². The van der Waals surface area contributed by atoms with Gasteiger partial charge in [-0.2, -0.15) is 0 Å². The largest absolute Gasteiger partial charge is 0.508 e. The average Bonchev–Trinajstić information content (AvgIpc) is 3.98. The van der Waals surface area contributed by atoms with Crippen molar-refractivity contribution >= 4 is 53.1 Å². The number of imidazole rings is 1. The third-order valence-electron chi connectivity index (χ3n) is 11.5. The molecule has 1 saturated heterocycles. The zero-order chi connectivity index (χ0) is 50.0. The van der Waals surface area contributed by atoms with Gasteiger partial charge >= 0.3 is 0 Å². The van der Waals surface area contributed by atoms with Crippen molar-refractivity contribution in [1.82, 2.24) is 51.7 Å². The van der Waals surface area contributed by atoms with E-state index in [1.165, 1.54) is 36.5 Å². The Labute approximate surface area is 392 Å². The van der Waals surface area contributed by atoms with Gasteiger partial charge < -0.3 is 63.3 Å². The molecule has 0 spiro atoms. The van der Waals surface area contributed by atoms with Gasteiger partial charge in [0.2, 0.25) is 41.4 Å². The lowest BCUT2D eigenvalue weighted by atomic mass is 9.96. The Morgan fingerprint density at radius 2 is 1.48 bits per heavy atom. The number of Topliss-reactive ketones (excluding diaryl/α,β-unsaturated/α-hetero) is 1. The number of likely N-dealkylation sites (tertiary alicyclic amines) is 1. The van der Waals surface area contributed by atoms with Crippen LogP contribution in [0.4, 0.5) is 0 Å². The van der Waals surface area contributed by atoms with Crippen LogP contribution in [0.1, 0.15) is 84.9 Å². The number of phenols is 1. The number of benzene rings is 1. The number of H-pyrrole nitrogens is 1. The number of phenolic OH excluding ortho intramolecular Hbond substituents is 1. The molecule has 2 aromatic rings. The van der Waals surface area contributed by atoms with Gasteiger partial charge in [0.15, 0.2) is 11.7 Å². The van der Waals surface area contributed by atoms with Crippen LogP contribution in [-0.2, 0) is 51.2 Å². The smallest absolute Gasteiger partial charge is 0.246 e. The van der Waals surface area contributed by atoms with Gasteiger partial charge in [-0.05, 0) is 83.2 Å². The number of guanidine groups is 1. The first-order valence-electron chi connectivity index (χ1n) is 22.7. The Bertz CT molecular complexity index is 2020. The van der Waals surface area contributed by atoms with E-state index in [1.807, 2.05) is 6.92 Å². The average molecular weight is 938 g/mol. The summed E-state index contributed by atoms with van der Waals surface area (Å²) in [6.07, 6.45) is 4.54. The minimum absolute atomic E-state index is 0.00306. The zero-order valence-electron chi connectivity index (χ0n) is 39.9. The molecule has 12 N–H and O–H groups in total. The molecule has 3 rings (SSSR count). The molecular formula is C45H71N13O9. The standard InChI is InChI=1S/C45H71N13O9/c1-9-26(4)38(43(66)54-34(21-30-22-48-24-50-30)44(67)58-19-11-13-35(58)41(64)51-27(5)28(6)59)56-40(63)33(20-29-14-16-31(60)17-15-29)53-42(65)37(25(2)3)55-39(62)32(12-10-18-49-45(46)47)52-36(61)23-57(7)8/h14-17,22,24-27,32-35,37-38,60H,9-13,18-21,23H2,1-8H3,(H,48,50)(H,51,64)(H,52,61)(H,53,65)(H,54,66)(H,55,62)(H,56,63)(H4,46,47,49)/t26?,27-,32?,33?,34+,35?,37+,38+/m1/s1. The number of aliphatic imine (C=N–C) groups is 1. The van der Waals surface area contributed by atoms with Crippen molar-refractivity contribution in [2.75, 3.05) is 33.7 Å². The predicted molar refractivity (Wildman–Crippen MR) is 250 cm³/mol. The maximum absolute atomic E-state index is 14.5. The number of aromatic hydroxyl groups is 1. The molecule has 0 saturated carbocycles. The van der Waals surface area contributed by atoms with Crippen molar-refractivity contribution in [1.29, 1.82) is 0 Å². The molecule has 67 heavy (non-hydrogen) atoms. The van der Waals surface area contributed by atoms with E-state index in [9.17, 15) is 43.5 Å². The van der Waals surface area contributed by atoms with Gasteiger partial charge in [0.05, 0.1) is 18.9 Å². The third kappa shape index (κ3) is 17.6. The second-order valence-corrected chi connectivity index (χ2v) is 17.7. The van der Waals surface area contributed by atoms with E-state index in [0.717, 1.165) is 0 Å². The molecule has 0 aliphatic carbocycles. The molecule has 1 aliphatic heterocycles. The fraction of sp³-hybridized carbons (Fsp3) is 0.600. The molecule has 1 aromatic heterocycles. The summed E-state index contributed by atoms with van der Waals surface area (Å²) >= 11 is 0. The number of aromatic nitrogens is 2. The number of ketones is 1. The zero-order valence-corrected chi connectivity index (χ0v) is 39.9. The molecule has 22 nitrogen and oxygen atoms in total. The lowest BCUT2D eigenvalue weighted by Crippen LogP contribution is -2.62. The Morgan fingerprint density at radius 1 is 0.851 bits per heavy atom. The van der Waals surface area contributed by atoms with Crippen molar-refractivity contribution in [3.05, 3.63) is 48.0 Å². The number of hydrogen-bond donors (Lipinski definition) is 10. The SMILES string of the molecule is CCC(C)[C@H](NC(=O)C(Cc1ccc(O)cc1)NC(=O)[C@@H](NC(=O)C(CCCN=C(N)N)NC(=O)CN(C)C)C(C)C)C(=O)N[C@@H](Cc1cnc[nH]1)C(=O)N1CCCC1C(=O)N[C@H](C)C(C)=O. The monoisotopic (exact) mass is 938 g/mol. The summed E-state index contributed by atoms with van der Waals surface area (Å²) in [5.41, 5.74) is 12.0. The van der Waals surface area contributed by atoms with Crippen LogP contribution >= 0.6 is 0 Å². The number of likely N-dealkylation sites (N-methyl/N-ethyl adjacent to an activating group) is 1. The molecule has 8 atom stereocenters. The van der Waals surface area contributed by atoms with Crippen LogP contribution in [0, 0.1) is 11.8 Å². The predicted octanol–water partition coefficient (Wildman–Crippen LogP) is -1.27. The molecule has 1 aromatic carbocycles. The van der Waals surface area contributed by atoms with E-state index in [1.54, 1.807) is 58.8 Å². The van der Waals surface area contributed by atoms with Crippen LogP contribution in [0.3, 0.4) is 0 Å². The molecule has 7 amide bonds. The lowest BCUT2D eigenvalue weighted by Gasteiger charge is -2.32. The first kappa shape index (κ1) is 54.8. The van der Waals surface area contributed by atoms with Crippen LogP contribution in [0.15, 0.2) is 41.8 Å². The Morgan fingerprint density at radius 3 is 2.06 bits per heavy atom. The number of rotatable bonds is 26. The van der Waals surface area contributed by atoms with Gasteiger partial charge in [0.1, 0.15) is 42.0 Å².